The molecule has 1 aromatic rings. The van der Waals surface area contributed by atoms with Gasteiger partial charge in [0.05, 0.1) is 0 Å². The number of likely N-dealkylation sites (tertiary alicyclic amines) is 1. The van der Waals surface area contributed by atoms with E-state index in [-0.39, 0.29) is 0 Å². The van der Waals surface area contributed by atoms with Gasteiger partial charge in [0, 0.05) is 37.9 Å². The lowest BCUT2D eigenvalue weighted by Crippen LogP contribution is -2.41. The number of piperidine rings is 1. The number of rotatable bonds is 6. The van der Waals surface area contributed by atoms with Crippen molar-refractivity contribution in [3.63, 3.8) is 0 Å². The van der Waals surface area contributed by atoms with E-state index in [0.717, 1.165) is 30.1 Å². The van der Waals surface area contributed by atoms with Gasteiger partial charge in [-0.15, -0.1) is 0 Å². The predicted molar refractivity (Wildman–Crippen MR) is 103 cm³/mol. The molecule has 1 aliphatic heterocycles. The van der Waals surface area contributed by atoms with Gasteiger partial charge in [-0.2, -0.15) is 0 Å². The quantitative estimate of drug-likeness (QED) is 0.414. The van der Waals surface area contributed by atoms with Crippen LogP contribution >= 0.6 is 0 Å². The highest BCUT2D eigenvalue weighted by Gasteiger charge is 2.22. The van der Waals surface area contributed by atoms with Crippen LogP contribution in [0.4, 0.5) is 5.82 Å². The number of aromatic nitrogens is 1. The van der Waals surface area contributed by atoms with Crippen LogP contribution in [-0.4, -0.2) is 46.7 Å². The summed E-state index contributed by atoms with van der Waals surface area (Å²) in [5.41, 5.74) is 2.39. The predicted octanol–water partition coefficient (Wildman–Crippen LogP) is 3.06. The number of nitrogens with zero attached hydrogens (tertiary/aromatic N) is 2. The number of amides is 1. The summed E-state index contributed by atoms with van der Waals surface area (Å²) in [7, 11) is 0. The van der Waals surface area contributed by atoms with Crippen molar-refractivity contribution < 1.29 is 10.0 Å². The first-order chi connectivity index (χ1) is 12.7. The molecule has 0 radical (unpaired) electrons. The van der Waals surface area contributed by atoms with Crippen molar-refractivity contribution in [1.82, 2.24) is 15.4 Å². The van der Waals surface area contributed by atoms with Gasteiger partial charge in [-0.25, -0.2) is 10.5 Å². The summed E-state index contributed by atoms with van der Waals surface area (Å²) in [5, 5.41) is 12.0. The Kier molecular flexibility index (Phi) is 7.03. The van der Waals surface area contributed by atoms with Crippen LogP contribution in [0.1, 0.15) is 50.5 Å². The van der Waals surface area contributed by atoms with Gasteiger partial charge in [0.25, 0.3) is 5.91 Å². The third kappa shape index (κ3) is 5.81. The second kappa shape index (κ2) is 9.69. The van der Waals surface area contributed by atoms with Gasteiger partial charge in [0.2, 0.25) is 0 Å². The molecular weight excluding hydrogens is 328 g/mol. The monoisotopic (exact) mass is 358 g/mol. The van der Waals surface area contributed by atoms with Crippen molar-refractivity contribution in [3.8, 4) is 0 Å². The fourth-order valence-corrected chi connectivity index (χ4v) is 4.00. The van der Waals surface area contributed by atoms with E-state index in [2.05, 4.69) is 15.2 Å². The van der Waals surface area contributed by atoms with Crippen LogP contribution in [-0.2, 0) is 4.79 Å². The maximum atomic E-state index is 11.0. The van der Waals surface area contributed by atoms with E-state index in [9.17, 15) is 4.79 Å². The Balaban J connectivity index is 1.41. The van der Waals surface area contributed by atoms with Gasteiger partial charge in [0.1, 0.15) is 5.82 Å². The van der Waals surface area contributed by atoms with E-state index in [4.69, 9.17) is 5.21 Å². The highest BCUT2D eigenvalue weighted by atomic mass is 16.5. The summed E-state index contributed by atoms with van der Waals surface area (Å²) < 4.78 is 0. The van der Waals surface area contributed by atoms with Crippen LogP contribution in [0.15, 0.2) is 24.4 Å². The molecule has 0 bridgehead atoms. The van der Waals surface area contributed by atoms with E-state index in [1.807, 2.05) is 12.1 Å². The van der Waals surface area contributed by atoms with Gasteiger partial charge < -0.3 is 10.2 Å². The van der Waals surface area contributed by atoms with Crippen molar-refractivity contribution in [2.75, 3.05) is 25.0 Å². The number of hydrogen-bond donors (Lipinski definition) is 3. The average Bonchev–Trinajstić information content (AvgIpc) is 2.69. The molecule has 1 aromatic heterocycles. The number of pyridine rings is 1. The lowest BCUT2D eigenvalue weighted by molar-refractivity contribution is -0.124. The molecule has 1 saturated carbocycles. The van der Waals surface area contributed by atoms with Crippen molar-refractivity contribution >= 4 is 17.8 Å². The highest BCUT2D eigenvalue weighted by molar-refractivity contribution is 5.90. The van der Waals surface area contributed by atoms with Crippen LogP contribution in [0.25, 0.3) is 6.08 Å². The van der Waals surface area contributed by atoms with Gasteiger partial charge in [-0.3, -0.25) is 10.0 Å². The van der Waals surface area contributed by atoms with Gasteiger partial charge in [-0.05, 0) is 55.4 Å². The second-order valence-corrected chi connectivity index (χ2v) is 7.51. The van der Waals surface area contributed by atoms with E-state index in [0.29, 0.717) is 6.04 Å². The molecule has 3 N–H and O–H groups in total. The molecule has 1 amide bonds. The summed E-state index contributed by atoms with van der Waals surface area (Å²) in [5.74, 6) is 1.25. The normalized spacial score (nSPS) is 20.3. The van der Waals surface area contributed by atoms with Gasteiger partial charge in [-0.1, -0.05) is 19.3 Å². The smallest absolute Gasteiger partial charge is 0.267 e. The fraction of sp³-hybridized carbons (Fsp3) is 0.600. The summed E-state index contributed by atoms with van der Waals surface area (Å²) in [4.78, 5) is 18.0. The van der Waals surface area contributed by atoms with E-state index >= 15 is 0 Å². The molecule has 6 nitrogen and oxygen atoms in total. The molecule has 1 aliphatic carbocycles. The average molecular weight is 358 g/mol. The van der Waals surface area contributed by atoms with E-state index in [1.165, 1.54) is 57.8 Å². The SMILES string of the molecule is O=C(C=Cc1ccc(NC2CCN(CC3CCCCC3)CC2)nc1)NO. The van der Waals surface area contributed by atoms with Crippen LogP contribution in [0, 0.1) is 5.92 Å². The molecule has 2 heterocycles. The minimum Gasteiger partial charge on any atom is -0.367 e. The molecule has 0 spiro atoms. The van der Waals surface area contributed by atoms with Crippen LogP contribution in [0.3, 0.4) is 0 Å². The van der Waals surface area contributed by atoms with Crippen LogP contribution in [0.5, 0.6) is 0 Å². The standard InChI is InChI=1S/C20H30N4O2/c25-20(23-26)9-7-16-6-8-19(21-14-16)22-18-10-12-24(13-11-18)15-17-4-2-1-3-5-17/h6-9,14,17-18,26H,1-5,10-13,15H2,(H,21,22)(H,23,25). The first-order valence-electron chi connectivity index (χ1n) is 9.80. The van der Waals surface area contributed by atoms with E-state index < -0.39 is 5.91 Å². The Morgan fingerprint density at radius 3 is 2.62 bits per heavy atom. The van der Waals surface area contributed by atoms with Crippen molar-refractivity contribution in [3.05, 3.63) is 30.0 Å². The number of nitrogens with one attached hydrogen (secondary N) is 2. The molecule has 26 heavy (non-hydrogen) atoms. The first-order valence-corrected chi connectivity index (χ1v) is 9.80. The molecule has 0 unspecified atom stereocenters. The molecule has 1 saturated heterocycles. The molecule has 2 aliphatic rings. The maximum absolute atomic E-state index is 11.0. The summed E-state index contributed by atoms with van der Waals surface area (Å²) in [6.07, 6.45) is 14.0. The zero-order chi connectivity index (χ0) is 18.2. The van der Waals surface area contributed by atoms with Crippen molar-refractivity contribution in [2.24, 2.45) is 5.92 Å². The number of anilines is 1. The van der Waals surface area contributed by atoms with Gasteiger partial charge in [0.15, 0.2) is 0 Å². The molecule has 0 atom stereocenters. The zero-order valence-electron chi connectivity index (χ0n) is 15.4. The third-order valence-electron chi connectivity index (χ3n) is 5.50. The second-order valence-electron chi connectivity index (χ2n) is 7.51. The Morgan fingerprint density at radius 1 is 1.19 bits per heavy atom. The number of carbonyl (C=O) groups excluding carboxylic acids is 1. The molecule has 2 fully saturated rings. The molecular formula is C20H30N4O2. The third-order valence-corrected chi connectivity index (χ3v) is 5.50. The fourth-order valence-electron chi connectivity index (χ4n) is 4.00. The van der Waals surface area contributed by atoms with E-state index in [1.54, 1.807) is 17.8 Å². The Hall–Kier alpha value is -1.92. The largest absolute Gasteiger partial charge is 0.367 e. The number of carbonyl (C=O) groups is 1. The highest BCUT2D eigenvalue weighted by Crippen LogP contribution is 2.26. The molecule has 3 rings (SSSR count). The molecule has 142 valence electrons. The lowest BCUT2D eigenvalue weighted by atomic mass is 9.88. The Bertz CT molecular complexity index is 588. The molecule has 6 heteroatoms. The Labute approximate surface area is 155 Å². The number of hydrogen-bond acceptors (Lipinski definition) is 5. The van der Waals surface area contributed by atoms with Crippen LogP contribution < -0.4 is 10.8 Å². The minimum absolute atomic E-state index is 0.478. The lowest BCUT2D eigenvalue weighted by Gasteiger charge is -2.35. The maximum Gasteiger partial charge on any atom is 0.267 e. The summed E-state index contributed by atoms with van der Waals surface area (Å²) in [6, 6.07) is 4.33. The van der Waals surface area contributed by atoms with Crippen molar-refractivity contribution in [1.29, 1.82) is 0 Å². The first kappa shape index (κ1) is 18.9. The summed E-state index contributed by atoms with van der Waals surface area (Å²) >= 11 is 0. The van der Waals surface area contributed by atoms with Gasteiger partial charge >= 0.3 is 0 Å². The minimum atomic E-state index is -0.549. The number of hydroxylamine groups is 1. The van der Waals surface area contributed by atoms with Crippen molar-refractivity contribution in [2.45, 2.75) is 51.0 Å². The summed E-state index contributed by atoms with van der Waals surface area (Å²) in [6.45, 7) is 3.63. The molecule has 0 aromatic carbocycles. The topological polar surface area (TPSA) is 77.5 Å². The Morgan fingerprint density at radius 2 is 1.96 bits per heavy atom. The zero-order valence-corrected chi connectivity index (χ0v) is 15.4. The van der Waals surface area contributed by atoms with Crippen LogP contribution in [0.2, 0.25) is 0 Å².